The van der Waals surface area contributed by atoms with Crippen LogP contribution in [0.3, 0.4) is 0 Å². The summed E-state index contributed by atoms with van der Waals surface area (Å²) < 4.78 is 24.7. The second-order valence-electron chi connectivity index (χ2n) is 4.26. The van der Waals surface area contributed by atoms with Gasteiger partial charge in [0.05, 0.1) is 5.75 Å². The van der Waals surface area contributed by atoms with E-state index in [1.165, 1.54) is 0 Å². The summed E-state index contributed by atoms with van der Waals surface area (Å²) in [6, 6.07) is 0. The molecule has 6 nitrogen and oxygen atoms in total. The lowest BCUT2D eigenvalue weighted by atomic mass is 10.4. The molecule has 0 aromatic rings. The first-order chi connectivity index (χ1) is 8.60. The van der Waals surface area contributed by atoms with Gasteiger partial charge >= 0.3 is 0 Å². The Bertz CT molecular complexity index is 373. The van der Waals surface area contributed by atoms with Crippen LogP contribution >= 0.6 is 24.0 Å². The molecule has 0 saturated carbocycles. The van der Waals surface area contributed by atoms with Gasteiger partial charge in [-0.05, 0) is 19.8 Å². The van der Waals surface area contributed by atoms with Crippen molar-refractivity contribution in [2.75, 3.05) is 38.5 Å². The van der Waals surface area contributed by atoms with E-state index < -0.39 is 10.0 Å². The first-order valence-corrected chi connectivity index (χ1v) is 8.21. The van der Waals surface area contributed by atoms with Crippen LogP contribution in [0.2, 0.25) is 0 Å². The van der Waals surface area contributed by atoms with Crippen molar-refractivity contribution in [3.63, 3.8) is 0 Å². The molecule has 0 radical (unpaired) electrons. The standard InChI is InChI=1S/C11H24N4O2S.HI/c1-3-6-13-11(12-4-2)14-7-9-15-8-5-10-18(15,16)17;/h3-10H2,1-2H3,(H2,12,13,14);1H. The molecule has 0 bridgehead atoms. The molecule has 0 aromatic carbocycles. The maximum atomic E-state index is 11.6. The molecule has 2 N–H and O–H groups in total. The van der Waals surface area contributed by atoms with Crippen molar-refractivity contribution in [1.82, 2.24) is 14.9 Å². The highest BCUT2D eigenvalue weighted by Crippen LogP contribution is 2.11. The van der Waals surface area contributed by atoms with E-state index in [1.807, 2.05) is 6.92 Å². The highest BCUT2D eigenvalue weighted by atomic mass is 127. The molecule has 0 aromatic heterocycles. The molecule has 1 aliphatic rings. The zero-order chi connectivity index (χ0) is 13.4. The largest absolute Gasteiger partial charge is 0.357 e. The number of rotatable bonds is 6. The third-order valence-electron chi connectivity index (χ3n) is 2.69. The van der Waals surface area contributed by atoms with Gasteiger partial charge in [-0.3, -0.25) is 4.99 Å². The summed E-state index contributed by atoms with van der Waals surface area (Å²) in [4.78, 5) is 4.36. The van der Waals surface area contributed by atoms with Gasteiger partial charge in [-0.2, -0.15) is 0 Å². The molecule has 1 rings (SSSR count). The summed E-state index contributed by atoms with van der Waals surface area (Å²) in [5.74, 6) is 1.05. The fourth-order valence-electron chi connectivity index (χ4n) is 1.81. The number of sulfonamides is 1. The number of hydrogen-bond acceptors (Lipinski definition) is 3. The minimum Gasteiger partial charge on any atom is -0.357 e. The van der Waals surface area contributed by atoms with Gasteiger partial charge in [-0.15, -0.1) is 24.0 Å². The molecule has 0 spiro atoms. The molecular formula is C11H25IN4O2S. The maximum absolute atomic E-state index is 11.6. The third-order valence-corrected chi connectivity index (χ3v) is 4.65. The average molecular weight is 404 g/mol. The van der Waals surface area contributed by atoms with Gasteiger partial charge in [0, 0.05) is 32.7 Å². The van der Waals surface area contributed by atoms with Crippen molar-refractivity contribution in [3.05, 3.63) is 0 Å². The zero-order valence-electron chi connectivity index (χ0n) is 11.7. The van der Waals surface area contributed by atoms with Crippen molar-refractivity contribution in [1.29, 1.82) is 0 Å². The van der Waals surface area contributed by atoms with Crippen molar-refractivity contribution < 1.29 is 8.42 Å². The predicted octanol–water partition coefficient (Wildman–Crippen LogP) is 0.605. The van der Waals surface area contributed by atoms with Crippen LogP contribution in [0.25, 0.3) is 0 Å². The Labute approximate surface area is 133 Å². The van der Waals surface area contributed by atoms with Crippen LogP contribution in [0, 0.1) is 0 Å². The molecule has 1 aliphatic heterocycles. The predicted molar refractivity (Wildman–Crippen MR) is 89.7 cm³/mol. The molecule has 0 atom stereocenters. The van der Waals surface area contributed by atoms with Gasteiger partial charge < -0.3 is 10.6 Å². The van der Waals surface area contributed by atoms with E-state index in [1.54, 1.807) is 4.31 Å². The normalized spacial score (nSPS) is 18.9. The van der Waals surface area contributed by atoms with Gasteiger partial charge in [0.2, 0.25) is 10.0 Å². The number of halogens is 1. The monoisotopic (exact) mass is 404 g/mol. The Morgan fingerprint density at radius 1 is 1.32 bits per heavy atom. The Balaban J connectivity index is 0.00000324. The van der Waals surface area contributed by atoms with E-state index in [-0.39, 0.29) is 29.7 Å². The molecular weight excluding hydrogens is 379 g/mol. The van der Waals surface area contributed by atoms with Crippen LogP contribution in [0.4, 0.5) is 0 Å². The molecule has 0 amide bonds. The van der Waals surface area contributed by atoms with Gasteiger partial charge in [0.15, 0.2) is 5.96 Å². The third kappa shape index (κ3) is 6.75. The number of nitrogens with one attached hydrogen (secondary N) is 2. The van der Waals surface area contributed by atoms with E-state index in [0.29, 0.717) is 19.6 Å². The number of guanidine groups is 1. The molecule has 19 heavy (non-hydrogen) atoms. The summed E-state index contributed by atoms with van der Waals surface area (Å²) in [5, 5.41) is 6.29. The van der Waals surface area contributed by atoms with Crippen LogP contribution in [0.1, 0.15) is 26.7 Å². The SMILES string of the molecule is CCCN=C(NCC)NCCN1CCCS1(=O)=O.I. The zero-order valence-corrected chi connectivity index (χ0v) is 14.8. The Hall–Kier alpha value is -0.0900. The van der Waals surface area contributed by atoms with Gasteiger partial charge in [-0.25, -0.2) is 12.7 Å². The lowest BCUT2D eigenvalue weighted by molar-refractivity contribution is 0.445. The quantitative estimate of drug-likeness (QED) is 0.387. The molecule has 1 saturated heterocycles. The fourth-order valence-corrected chi connectivity index (χ4v) is 3.34. The minimum atomic E-state index is -2.98. The van der Waals surface area contributed by atoms with Crippen LogP contribution in [0.15, 0.2) is 4.99 Å². The summed E-state index contributed by atoms with van der Waals surface area (Å²) in [6.07, 6.45) is 1.74. The number of nitrogens with zero attached hydrogens (tertiary/aromatic N) is 2. The van der Waals surface area contributed by atoms with Crippen LogP contribution in [-0.4, -0.2) is 57.2 Å². The average Bonchev–Trinajstić information content (AvgIpc) is 2.66. The highest BCUT2D eigenvalue weighted by Gasteiger charge is 2.27. The Kier molecular flexibility index (Phi) is 9.71. The molecule has 114 valence electrons. The summed E-state index contributed by atoms with van der Waals surface area (Å²) >= 11 is 0. The summed E-state index contributed by atoms with van der Waals surface area (Å²) in [6.45, 7) is 7.41. The van der Waals surface area contributed by atoms with Crippen molar-refractivity contribution >= 4 is 40.0 Å². The number of aliphatic imine (C=N–C) groups is 1. The number of hydrogen-bond donors (Lipinski definition) is 2. The molecule has 1 fully saturated rings. The lowest BCUT2D eigenvalue weighted by Gasteiger charge is -2.16. The van der Waals surface area contributed by atoms with E-state index in [9.17, 15) is 8.42 Å². The van der Waals surface area contributed by atoms with Crippen molar-refractivity contribution in [3.8, 4) is 0 Å². The first kappa shape index (κ1) is 18.9. The molecule has 8 heteroatoms. The van der Waals surface area contributed by atoms with Gasteiger partial charge in [-0.1, -0.05) is 6.92 Å². The smallest absolute Gasteiger partial charge is 0.214 e. The Morgan fingerprint density at radius 3 is 2.58 bits per heavy atom. The van der Waals surface area contributed by atoms with Gasteiger partial charge in [0.1, 0.15) is 0 Å². The summed E-state index contributed by atoms with van der Waals surface area (Å²) in [5.41, 5.74) is 0. The second-order valence-corrected chi connectivity index (χ2v) is 6.34. The van der Waals surface area contributed by atoms with Crippen LogP contribution in [-0.2, 0) is 10.0 Å². The molecule has 0 aliphatic carbocycles. The lowest BCUT2D eigenvalue weighted by Crippen LogP contribution is -2.42. The topological polar surface area (TPSA) is 73.8 Å². The molecule has 1 heterocycles. The molecule has 0 unspecified atom stereocenters. The van der Waals surface area contributed by atoms with Gasteiger partial charge in [0.25, 0.3) is 0 Å². The second kappa shape index (κ2) is 9.76. The van der Waals surface area contributed by atoms with E-state index in [2.05, 4.69) is 22.5 Å². The fraction of sp³-hybridized carbons (Fsp3) is 0.909. The maximum Gasteiger partial charge on any atom is 0.214 e. The van der Waals surface area contributed by atoms with Crippen molar-refractivity contribution in [2.45, 2.75) is 26.7 Å². The first-order valence-electron chi connectivity index (χ1n) is 6.60. The van der Waals surface area contributed by atoms with E-state index in [4.69, 9.17) is 0 Å². The van der Waals surface area contributed by atoms with E-state index in [0.717, 1.165) is 31.9 Å². The van der Waals surface area contributed by atoms with Crippen LogP contribution < -0.4 is 10.6 Å². The summed E-state index contributed by atoms with van der Waals surface area (Å²) in [7, 11) is -2.98. The van der Waals surface area contributed by atoms with E-state index >= 15 is 0 Å². The highest BCUT2D eigenvalue weighted by molar-refractivity contribution is 14.0. The Morgan fingerprint density at radius 2 is 2.05 bits per heavy atom. The minimum absolute atomic E-state index is 0. The van der Waals surface area contributed by atoms with Crippen LogP contribution in [0.5, 0.6) is 0 Å². The van der Waals surface area contributed by atoms with Crippen molar-refractivity contribution in [2.24, 2.45) is 4.99 Å².